The number of nitrogens with one attached hydrogen (secondary N) is 1. The lowest BCUT2D eigenvalue weighted by Crippen LogP contribution is -2.32. The van der Waals surface area contributed by atoms with Crippen molar-refractivity contribution < 1.29 is 4.74 Å². The first-order valence-electron chi connectivity index (χ1n) is 7.44. The summed E-state index contributed by atoms with van der Waals surface area (Å²) < 4.78 is 7.07. The fourth-order valence-electron chi connectivity index (χ4n) is 3.95. The fourth-order valence-corrected chi connectivity index (χ4v) is 4.21. The molecule has 1 aromatic rings. The Kier molecular flexibility index (Phi) is 4.31. The van der Waals surface area contributed by atoms with Crippen LogP contribution in [0, 0.1) is 17.8 Å². The minimum Gasteiger partial charge on any atom is -0.383 e. The standard InChI is InChI=1S/C14H23ClN4O/c1-20-7-6-19-14(11(15)8-17-19)13(18-16)12-9-4-2-3-5-10(9)12/h8-10,12-13,18H,2-7,16H2,1H3. The number of fused-ring (bicyclic) bond motifs is 1. The highest BCUT2D eigenvalue weighted by Gasteiger charge is 2.55. The Labute approximate surface area is 124 Å². The number of hydrogen-bond acceptors (Lipinski definition) is 4. The number of halogens is 1. The van der Waals surface area contributed by atoms with Gasteiger partial charge in [-0.25, -0.2) is 0 Å². The van der Waals surface area contributed by atoms with Crippen molar-refractivity contribution >= 4 is 11.6 Å². The number of rotatable bonds is 6. The summed E-state index contributed by atoms with van der Waals surface area (Å²) in [6.07, 6.45) is 7.08. The molecule has 5 nitrogen and oxygen atoms in total. The van der Waals surface area contributed by atoms with E-state index in [1.54, 1.807) is 13.3 Å². The van der Waals surface area contributed by atoms with Crippen molar-refractivity contribution in [2.45, 2.75) is 38.3 Å². The Morgan fingerprint density at radius 3 is 2.80 bits per heavy atom. The van der Waals surface area contributed by atoms with Gasteiger partial charge in [0, 0.05) is 7.11 Å². The largest absolute Gasteiger partial charge is 0.383 e. The van der Waals surface area contributed by atoms with Crippen LogP contribution in [0.4, 0.5) is 0 Å². The third-order valence-electron chi connectivity index (χ3n) is 4.92. The molecule has 2 aliphatic rings. The molecule has 0 radical (unpaired) electrons. The van der Waals surface area contributed by atoms with Gasteiger partial charge in [-0.05, 0) is 30.6 Å². The van der Waals surface area contributed by atoms with Gasteiger partial charge < -0.3 is 4.74 Å². The van der Waals surface area contributed by atoms with Crippen molar-refractivity contribution in [2.75, 3.05) is 13.7 Å². The van der Waals surface area contributed by atoms with Crippen LogP contribution in [0.2, 0.25) is 5.02 Å². The summed E-state index contributed by atoms with van der Waals surface area (Å²) in [6.45, 7) is 1.33. The Hall–Kier alpha value is -0.620. The molecule has 0 saturated heterocycles. The zero-order valence-electron chi connectivity index (χ0n) is 11.9. The lowest BCUT2D eigenvalue weighted by molar-refractivity contribution is 0.181. The number of hydrogen-bond donors (Lipinski definition) is 2. The fraction of sp³-hybridized carbons (Fsp3) is 0.786. The van der Waals surface area contributed by atoms with E-state index in [9.17, 15) is 0 Å². The predicted octanol–water partition coefficient (Wildman–Crippen LogP) is 2.12. The van der Waals surface area contributed by atoms with E-state index >= 15 is 0 Å². The molecule has 3 atom stereocenters. The number of nitrogens with zero attached hydrogens (tertiary/aromatic N) is 2. The average Bonchev–Trinajstić information content (AvgIpc) is 3.08. The first-order chi connectivity index (χ1) is 9.77. The Bertz CT molecular complexity index is 452. The summed E-state index contributed by atoms with van der Waals surface area (Å²) >= 11 is 6.35. The summed E-state index contributed by atoms with van der Waals surface area (Å²) in [4.78, 5) is 0. The van der Waals surface area contributed by atoms with Crippen molar-refractivity contribution in [1.29, 1.82) is 0 Å². The zero-order valence-corrected chi connectivity index (χ0v) is 12.6. The monoisotopic (exact) mass is 298 g/mol. The molecular formula is C14H23ClN4O. The van der Waals surface area contributed by atoms with E-state index in [2.05, 4.69) is 10.5 Å². The molecule has 2 saturated carbocycles. The highest BCUT2D eigenvalue weighted by Crippen LogP contribution is 2.60. The lowest BCUT2D eigenvalue weighted by atomic mass is 10.0. The molecule has 112 valence electrons. The van der Waals surface area contributed by atoms with Crippen molar-refractivity contribution in [3.63, 3.8) is 0 Å². The van der Waals surface area contributed by atoms with Crippen LogP contribution in [0.1, 0.15) is 37.4 Å². The van der Waals surface area contributed by atoms with Gasteiger partial charge >= 0.3 is 0 Å². The zero-order chi connectivity index (χ0) is 14.1. The van der Waals surface area contributed by atoms with Crippen molar-refractivity contribution in [3.05, 3.63) is 16.9 Å². The minimum absolute atomic E-state index is 0.106. The quantitative estimate of drug-likeness (QED) is 0.624. The van der Waals surface area contributed by atoms with E-state index in [4.69, 9.17) is 22.2 Å². The van der Waals surface area contributed by atoms with Gasteiger partial charge in [0.1, 0.15) is 0 Å². The molecule has 0 spiro atoms. The molecule has 0 aliphatic heterocycles. The maximum absolute atomic E-state index is 6.35. The van der Waals surface area contributed by atoms with E-state index in [0.717, 1.165) is 17.5 Å². The van der Waals surface area contributed by atoms with Gasteiger partial charge in [0.15, 0.2) is 0 Å². The predicted molar refractivity (Wildman–Crippen MR) is 78.1 cm³/mol. The van der Waals surface area contributed by atoms with Gasteiger partial charge in [-0.15, -0.1) is 0 Å². The highest BCUT2D eigenvalue weighted by atomic mass is 35.5. The maximum atomic E-state index is 6.35. The van der Waals surface area contributed by atoms with E-state index in [1.165, 1.54) is 25.7 Å². The van der Waals surface area contributed by atoms with Crippen molar-refractivity contribution in [1.82, 2.24) is 15.2 Å². The topological polar surface area (TPSA) is 65.1 Å². The van der Waals surface area contributed by atoms with E-state index in [-0.39, 0.29) is 6.04 Å². The van der Waals surface area contributed by atoms with E-state index in [1.807, 2.05) is 4.68 Å². The van der Waals surface area contributed by atoms with Gasteiger partial charge in [-0.1, -0.05) is 24.4 Å². The van der Waals surface area contributed by atoms with Crippen LogP contribution in [0.15, 0.2) is 6.20 Å². The Morgan fingerprint density at radius 2 is 2.20 bits per heavy atom. The summed E-state index contributed by atoms with van der Waals surface area (Å²) in [6, 6.07) is 0.106. The van der Waals surface area contributed by atoms with Gasteiger partial charge in [-0.3, -0.25) is 16.0 Å². The molecule has 0 bridgehead atoms. The maximum Gasteiger partial charge on any atom is 0.0834 e. The first-order valence-corrected chi connectivity index (χ1v) is 7.82. The second-order valence-electron chi connectivity index (χ2n) is 5.93. The number of ether oxygens (including phenoxy) is 1. The number of nitrogens with two attached hydrogens (primary N) is 1. The van der Waals surface area contributed by atoms with Crippen LogP contribution in [-0.4, -0.2) is 23.5 Å². The van der Waals surface area contributed by atoms with Gasteiger partial charge in [0.25, 0.3) is 0 Å². The van der Waals surface area contributed by atoms with E-state index < -0.39 is 0 Å². The molecular weight excluding hydrogens is 276 g/mol. The number of hydrazine groups is 1. The van der Waals surface area contributed by atoms with Gasteiger partial charge in [-0.2, -0.15) is 5.10 Å². The molecule has 0 aromatic carbocycles. The van der Waals surface area contributed by atoms with Crippen molar-refractivity contribution in [3.8, 4) is 0 Å². The molecule has 1 aromatic heterocycles. The lowest BCUT2D eigenvalue weighted by Gasteiger charge is -2.19. The Morgan fingerprint density at radius 1 is 1.50 bits per heavy atom. The average molecular weight is 299 g/mol. The molecule has 0 amide bonds. The number of methoxy groups -OCH3 is 1. The minimum atomic E-state index is 0.106. The van der Waals surface area contributed by atoms with Crippen molar-refractivity contribution in [2.24, 2.45) is 23.6 Å². The SMILES string of the molecule is COCCn1ncc(Cl)c1C(NN)C1C2CCCCC21. The molecule has 6 heteroatoms. The molecule has 20 heavy (non-hydrogen) atoms. The summed E-state index contributed by atoms with van der Waals surface area (Å²) in [5, 5.41) is 5.06. The van der Waals surface area contributed by atoms with Crippen LogP contribution in [0.5, 0.6) is 0 Å². The third-order valence-corrected chi connectivity index (χ3v) is 5.21. The molecule has 3 unspecified atom stereocenters. The molecule has 3 N–H and O–H groups in total. The van der Waals surface area contributed by atoms with Gasteiger partial charge in [0.05, 0.1) is 36.1 Å². The second kappa shape index (κ2) is 6.02. The molecule has 2 fully saturated rings. The van der Waals surface area contributed by atoms with Crippen LogP contribution < -0.4 is 11.3 Å². The summed E-state index contributed by atoms with van der Waals surface area (Å²) in [5.74, 6) is 8.08. The molecule has 2 aliphatic carbocycles. The van der Waals surface area contributed by atoms with Crippen LogP contribution in [0.3, 0.4) is 0 Å². The van der Waals surface area contributed by atoms with E-state index in [0.29, 0.717) is 24.1 Å². The van der Waals surface area contributed by atoms with Crippen LogP contribution in [0.25, 0.3) is 0 Å². The van der Waals surface area contributed by atoms with Crippen LogP contribution >= 0.6 is 11.6 Å². The normalized spacial score (nSPS) is 30.1. The molecule has 3 rings (SSSR count). The number of aromatic nitrogens is 2. The summed E-state index contributed by atoms with van der Waals surface area (Å²) in [5.41, 5.74) is 4.01. The first kappa shape index (κ1) is 14.3. The van der Waals surface area contributed by atoms with Gasteiger partial charge in [0.2, 0.25) is 0 Å². The smallest absolute Gasteiger partial charge is 0.0834 e. The van der Waals surface area contributed by atoms with Crippen LogP contribution in [-0.2, 0) is 11.3 Å². The highest BCUT2D eigenvalue weighted by molar-refractivity contribution is 6.31. The third kappa shape index (κ3) is 2.48. The molecule has 1 heterocycles. The summed E-state index contributed by atoms with van der Waals surface area (Å²) in [7, 11) is 1.69. The second-order valence-corrected chi connectivity index (χ2v) is 6.33. The Balaban J connectivity index is 1.80.